The molecule has 0 fully saturated rings. The lowest BCUT2D eigenvalue weighted by molar-refractivity contribution is -0.142. The van der Waals surface area contributed by atoms with E-state index in [0.717, 1.165) is 24.5 Å². The Morgan fingerprint density at radius 1 is 1.00 bits per heavy atom. The minimum atomic E-state index is -2.86. The van der Waals surface area contributed by atoms with Crippen molar-refractivity contribution < 1.29 is 27.5 Å². The van der Waals surface area contributed by atoms with Crippen LogP contribution >= 0.6 is 0 Å². The molecule has 0 amide bonds. The van der Waals surface area contributed by atoms with Gasteiger partial charge in [-0.2, -0.15) is 10.2 Å². The van der Waals surface area contributed by atoms with Gasteiger partial charge in [-0.3, -0.25) is 0 Å². The van der Waals surface area contributed by atoms with Crippen molar-refractivity contribution in [3.05, 3.63) is 35.9 Å². The van der Waals surface area contributed by atoms with Gasteiger partial charge in [-0.05, 0) is 12.1 Å². The molecule has 0 saturated carbocycles. The van der Waals surface area contributed by atoms with E-state index in [-0.39, 0.29) is 0 Å². The first-order valence-electron chi connectivity index (χ1n) is 5.29. The van der Waals surface area contributed by atoms with Gasteiger partial charge in [0.15, 0.2) is 0 Å². The lowest BCUT2D eigenvalue weighted by Gasteiger charge is -2.13. The largest absolute Gasteiger partial charge is 0.478 e. The molecule has 0 aliphatic carbocycles. The number of carboxylic acids is 1. The van der Waals surface area contributed by atoms with Crippen LogP contribution in [0.5, 0.6) is 0 Å². The summed E-state index contributed by atoms with van der Waals surface area (Å²) < 4.78 is 51.1. The predicted octanol–water partition coefficient (Wildman–Crippen LogP) is 2.09. The second-order valence-corrected chi connectivity index (χ2v) is 3.75. The number of aromatic nitrogens is 4. The number of hydrogen-bond donors (Lipinski definition) is 1. The van der Waals surface area contributed by atoms with Crippen molar-refractivity contribution in [2.45, 2.75) is 19.0 Å². The minimum absolute atomic E-state index is 0.613. The van der Waals surface area contributed by atoms with Crippen molar-refractivity contribution in [3.8, 4) is 0 Å². The molecule has 2 aromatic heterocycles. The van der Waals surface area contributed by atoms with Gasteiger partial charge >= 0.3 is 5.97 Å². The molecule has 2 aromatic rings. The second kappa shape index (κ2) is 5.31. The molecule has 1 N–H and O–H groups in total. The van der Waals surface area contributed by atoms with Gasteiger partial charge in [-0.15, -0.1) is 0 Å². The first-order chi connectivity index (χ1) is 9.40. The van der Waals surface area contributed by atoms with Crippen LogP contribution in [0, 0.1) is 0 Å². The summed E-state index contributed by atoms with van der Waals surface area (Å²) in [5.74, 6) is -1.47. The minimum Gasteiger partial charge on any atom is -0.478 e. The Morgan fingerprint density at radius 2 is 1.40 bits per heavy atom. The summed E-state index contributed by atoms with van der Waals surface area (Å²) in [6.45, 7) is 0. The summed E-state index contributed by atoms with van der Waals surface area (Å²) in [5.41, 5.74) is -1.23. The van der Waals surface area contributed by atoms with Crippen LogP contribution in [0.2, 0.25) is 0 Å². The SMILES string of the molecule is O=C(O)C(n1ccc(C(F)F)n1)n1ccc(C(F)F)n1. The third kappa shape index (κ3) is 2.63. The van der Waals surface area contributed by atoms with E-state index in [4.69, 9.17) is 5.11 Å². The van der Waals surface area contributed by atoms with Crippen molar-refractivity contribution in [1.82, 2.24) is 19.6 Å². The molecular formula is C10H8F4N4O2. The van der Waals surface area contributed by atoms with Crippen LogP contribution < -0.4 is 0 Å². The maximum Gasteiger partial charge on any atom is 0.351 e. The molecule has 0 radical (unpaired) electrons. The second-order valence-electron chi connectivity index (χ2n) is 3.75. The Kier molecular flexibility index (Phi) is 3.72. The number of rotatable bonds is 5. The number of hydrogen-bond acceptors (Lipinski definition) is 3. The van der Waals surface area contributed by atoms with Gasteiger partial charge in [-0.1, -0.05) is 0 Å². The van der Waals surface area contributed by atoms with Gasteiger partial charge < -0.3 is 5.11 Å². The monoisotopic (exact) mass is 292 g/mol. The summed E-state index contributed by atoms with van der Waals surface area (Å²) >= 11 is 0. The lowest BCUT2D eigenvalue weighted by atomic mass is 10.4. The third-order valence-electron chi connectivity index (χ3n) is 2.43. The fraction of sp³-hybridized carbons (Fsp3) is 0.300. The highest BCUT2D eigenvalue weighted by Gasteiger charge is 2.26. The van der Waals surface area contributed by atoms with Gasteiger partial charge in [0.25, 0.3) is 12.9 Å². The number of alkyl halides is 4. The molecule has 0 bridgehead atoms. The molecule has 0 aliphatic heterocycles. The number of carboxylic acid groups (broad SMARTS) is 1. The molecule has 0 spiro atoms. The maximum atomic E-state index is 12.4. The van der Waals surface area contributed by atoms with Crippen molar-refractivity contribution in [2.24, 2.45) is 0 Å². The average molecular weight is 292 g/mol. The molecule has 20 heavy (non-hydrogen) atoms. The van der Waals surface area contributed by atoms with Crippen LogP contribution in [0.4, 0.5) is 17.6 Å². The van der Waals surface area contributed by atoms with Crippen LogP contribution in [-0.4, -0.2) is 30.6 Å². The van der Waals surface area contributed by atoms with E-state index in [1.54, 1.807) is 0 Å². The molecular weight excluding hydrogens is 284 g/mol. The van der Waals surface area contributed by atoms with Crippen molar-refractivity contribution in [1.29, 1.82) is 0 Å². The Morgan fingerprint density at radius 3 is 1.65 bits per heavy atom. The third-order valence-corrected chi connectivity index (χ3v) is 2.43. The van der Waals surface area contributed by atoms with E-state index in [1.807, 2.05) is 0 Å². The molecule has 6 nitrogen and oxygen atoms in total. The standard InChI is InChI=1S/C10H8F4N4O2/c11-7(12)5-1-3-17(15-5)9(10(19)20)18-4-2-6(16-18)8(13)14/h1-4,7-9H,(H,19,20). The normalized spacial score (nSPS) is 11.8. The molecule has 108 valence electrons. The van der Waals surface area contributed by atoms with E-state index in [9.17, 15) is 22.4 Å². The summed E-state index contributed by atoms with van der Waals surface area (Å²) in [4.78, 5) is 11.2. The highest BCUT2D eigenvalue weighted by molar-refractivity contribution is 5.71. The highest BCUT2D eigenvalue weighted by Crippen LogP contribution is 2.20. The maximum absolute atomic E-state index is 12.4. The van der Waals surface area contributed by atoms with Crippen molar-refractivity contribution in [2.75, 3.05) is 0 Å². The highest BCUT2D eigenvalue weighted by atomic mass is 19.3. The van der Waals surface area contributed by atoms with E-state index >= 15 is 0 Å². The smallest absolute Gasteiger partial charge is 0.351 e. The van der Waals surface area contributed by atoms with Crippen molar-refractivity contribution in [3.63, 3.8) is 0 Å². The average Bonchev–Trinajstić information content (AvgIpc) is 2.97. The number of aliphatic carboxylic acids is 1. The van der Waals surface area contributed by atoms with Crippen LogP contribution in [0.1, 0.15) is 30.4 Å². The zero-order valence-electron chi connectivity index (χ0n) is 9.70. The fourth-order valence-corrected chi connectivity index (χ4v) is 1.56. The Labute approximate surface area is 109 Å². The molecule has 0 unspecified atom stereocenters. The Bertz CT molecular complexity index is 564. The van der Waals surface area contributed by atoms with E-state index in [1.165, 1.54) is 0 Å². The Hall–Kier alpha value is -2.39. The van der Waals surface area contributed by atoms with Gasteiger partial charge in [0, 0.05) is 12.4 Å². The fourth-order valence-electron chi connectivity index (χ4n) is 1.56. The summed E-state index contributed by atoms with van der Waals surface area (Å²) in [7, 11) is 0. The summed E-state index contributed by atoms with van der Waals surface area (Å²) in [5, 5.41) is 15.9. The van der Waals surface area contributed by atoms with Crippen LogP contribution in [0.3, 0.4) is 0 Å². The predicted molar refractivity (Wildman–Crippen MR) is 56.4 cm³/mol. The van der Waals surface area contributed by atoms with E-state index in [2.05, 4.69) is 10.2 Å². The number of nitrogens with zero attached hydrogens (tertiary/aromatic N) is 4. The zero-order valence-corrected chi connectivity index (χ0v) is 9.70. The van der Waals surface area contributed by atoms with Crippen LogP contribution in [0.15, 0.2) is 24.5 Å². The van der Waals surface area contributed by atoms with Crippen LogP contribution in [-0.2, 0) is 4.79 Å². The molecule has 0 saturated heterocycles. The van der Waals surface area contributed by atoms with Gasteiger partial charge in [0.1, 0.15) is 11.4 Å². The summed E-state index contributed by atoms with van der Waals surface area (Å²) in [6, 6.07) is 1.89. The quantitative estimate of drug-likeness (QED) is 0.856. The molecule has 0 aliphatic rings. The van der Waals surface area contributed by atoms with Gasteiger partial charge in [0.05, 0.1) is 0 Å². The van der Waals surface area contributed by atoms with Gasteiger partial charge in [-0.25, -0.2) is 31.7 Å². The number of halogens is 4. The van der Waals surface area contributed by atoms with E-state index < -0.39 is 36.4 Å². The molecule has 10 heteroatoms. The molecule has 0 aromatic carbocycles. The topological polar surface area (TPSA) is 72.9 Å². The lowest BCUT2D eigenvalue weighted by Crippen LogP contribution is -2.27. The van der Waals surface area contributed by atoms with Gasteiger partial charge in [0.2, 0.25) is 6.17 Å². The first-order valence-corrected chi connectivity index (χ1v) is 5.29. The van der Waals surface area contributed by atoms with E-state index in [0.29, 0.717) is 9.36 Å². The first kappa shape index (κ1) is 14.0. The molecule has 0 atom stereocenters. The number of carbonyl (C=O) groups is 1. The Balaban J connectivity index is 2.37. The molecule has 2 rings (SSSR count). The van der Waals surface area contributed by atoms with Crippen molar-refractivity contribution >= 4 is 5.97 Å². The molecule has 2 heterocycles. The zero-order chi connectivity index (χ0) is 14.9. The van der Waals surface area contributed by atoms with Crippen LogP contribution in [0.25, 0.3) is 0 Å². The summed E-state index contributed by atoms with van der Waals surface area (Å²) in [6.07, 6.45) is -5.30.